The van der Waals surface area contributed by atoms with Gasteiger partial charge in [-0.25, -0.2) is 4.39 Å². The molecule has 1 aliphatic rings. The topological polar surface area (TPSA) is 36.1 Å². The van der Waals surface area contributed by atoms with Gasteiger partial charge in [-0.1, -0.05) is 0 Å². The number of benzene rings is 1. The van der Waals surface area contributed by atoms with E-state index in [-0.39, 0.29) is 11.4 Å². The van der Waals surface area contributed by atoms with Gasteiger partial charge in [0.25, 0.3) is 0 Å². The summed E-state index contributed by atoms with van der Waals surface area (Å²) in [6.07, 6.45) is 2.57. The summed E-state index contributed by atoms with van der Waals surface area (Å²) in [5, 5.41) is 0. The van der Waals surface area contributed by atoms with Gasteiger partial charge in [0.2, 0.25) is 5.56 Å². The minimum absolute atomic E-state index is 0.103. The summed E-state index contributed by atoms with van der Waals surface area (Å²) in [5.41, 5.74) is 4.05. The van der Waals surface area contributed by atoms with Gasteiger partial charge in [-0.3, -0.25) is 4.79 Å². The van der Waals surface area contributed by atoms with E-state index in [9.17, 15) is 9.18 Å². The Kier molecular flexibility index (Phi) is 3.31. The van der Waals surface area contributed by atoms with Gasteiger partial charge >= 0.3 is 0 Å². The molecule has 3 heterocycles. The molecule has 0 radical (unpaired) electrons. The molecule has 0 atom stereocenters. The van der Waals surface area contributed by atoms with Crippen LogP contribution in [0.3, 0.4) is 0 Å². The van der Waals surface area contributed by atoms with Crippen LogP contribution in [0.4, 0.5) is 10.1 Å². The quantitative estimate of drug-likeness (QED) is 0.736. The third kappa shape index (κ3) is 2.47. The Labute approximate surface area is 137 Å². The first-order valence-corrected chi connectivity index (χ1v) is 8.26. The van der Waals surface area contributed by atoms with Crippen LogP contribution in [0, 0.1) is 5.82 Å². The Hall–Kier alpha value is -2.40. The molecular formula is C18H15FN2OS. The van der Waals surface area contributed by atoms with Crippen LogP contribution >= 0.6 is 11.3 Å². The molecule has 0 fully saturated rings. The van der Waals surface area contributed by atoms with Crippen molar-refractivity contribution in [3.05, 3.63) is 64.3 Å². The number of aromatic nitrogens is 1. The molecule has 0 amide bonds. The predicted molar refractivity (Wildman–Crippen MR) is 92.7 cm³/mol. The summed E-state index contributed by atoms with van der Waals surface area (Å²) in [7, 11) is 1.99. The highest BCUT2D eigenvalue weighted by Gasteiger charge is 2.21. The van der Waals surface area contributed by atoms with Crippen molar-refractivity contribution < 1.29 is 4.39 Å². The van der Waals surface area contributed by atoms with Gasteiger partial charge in [-0.2, -0.15) is 0 Å². The number of anilines is 1. The summed E-state index contributed by atoms with van der Waals surface area (Å²) < 4.78 is 13.6. The molecule has 0 unspecified atom stereocenters. The normalized spacial score (nSPS) is 13.4. The second-order valence-corrected chi connectivity index (χ2v) is 6.79. The largest absolute Gasteiger partial charge is 0.374 e. The van der Waals surface area contributed by atoms with E-state index in [0.717, 1.165) is 34.7 Å². The molecule has 23 heavy (non-hydrogen) atoms. The van der Waals surface area contributed by atoms with Crippen molar-refractivity contribution in [2.24, 2.45) is 0 Å². The second kappa shape index (κ2) is 5.35. The minimum Gasteiger partial charge on any atom is -0.374 e. The lowest BCUT2D eigenvalue weighted by atomic mass is 10.1. The van der Waals surface area contributed by atoms with Crippen LogP contribution in [0.15, 0.2) is 47.4 Å². The van der Waals surface area contributed by atoms with Gasteiger partial charge < -0.3 is 9.88 Å². The lowest BCUT2D eigenvalue weighted by molar-refractivity contribution is 0.627. The average Bonchev–Trinajstić information content (AvgIpc) is 2.92. The van der Waals surface area contributed by atoms with E-state index in [4.69, 9.17) is 0 Å². The first kappa shape index (κ1) is 14.2. The van der Waals surface area contributed by atoms with E-state index in [1.165, 1.54) is 16.5 Å². The summed E-state index contributed by atoms with van der Waals surface area (Å²) >= 11 is 1.66. The molecule has 1 N–H and O–H groups in total. The zero-order chi connectivity index (χ0) is 16.0. The molecule has 1 aromatic carbocycles. The highest BCUT2D eigenvalue weighted by molar-refractivity contribution is 7.19. The Morgan fingerprint density at radius 1 is 1.22 bits per heavy atom. The molecule has 4 rings (SSSR count). The van der Waals surface area contributed by atoms with Crippen LogP contribution in [0.1, 0.15) is 5.56 Å². The molecule has 0 bridgehead atoms. The number of pyridine rings is 1. The lowest BCUT2D eigenvalue weighted by Gasteiger charge is -2.19. The molecule has 0 saturated carbocycles. The Bertz CT molecular complexity index is 944. The molecule has 1 aliphatic heterocycles. The zero-order valence-electron chi connectivity index (χ0n) is 12.6. The van der Waals surface area contributed by atoms with Gasteiger partial charge in [0.05, 0.1) is 0 Å². The fourth-order valence-electron chi connectivity index (χ4n) is 3.00. The molecule has 5 heteroatoms. The standard InChI is InChI=1S/C18H15FN2OS/c1-21-7-5-12-8-16(11-4-6-20-17(22)9-11)23-18(12)14-3-2-13(19)10-15(14)21/h2-4,6,8-10H,5,7H2,1H3,(H,20,22). The molecule has 2 aromatic heterocycles. The van der Waals surface area contributed by atoms with Crippen molar-refractivity contribution in [3.8, 4) is 20.9 Å². The Balaban J connectivity index is 1.90. The van der Waals surface area contributed by atoms with E-state index in [1.807, 2.05) is 19.2 Å². The first-order chi connectivity index (χ1) is 11.1. The number of halogens is 1. The van der Waals surface area contributed by atoms with Crippen molar-refractivity contribution in [1.29, 1.82) is 0 Å². The van der Waals surface area contributed by atoms with Crippen molar-refractivity contribution in [2.45, 2.75) is 6.42 Å². The summed E-state index contributed by atoms with van der Waals surface area (Å²) in [6.45, 7) is 0.842. The number of thiophene rings is 1. The molecule has 0 aliphatic carbocycles. The van der Waals surface area contributed by atoms with Crippen LogP contribution in [0.5, 0.6) is 0 Å². The third-order valence-electron chi connectivity index (χ3n) is 4.20. The maximum Gasteiger partial charge on any atom is 0.248 e. The Morgan fingerprint density at radius 2 is 2.09 bits per heavy atom. The van der Waals surface area contributed by atoms with Crippen molar-refractivity contribution >= 4 is 17.0 Å². The molecule has 0 spiro atoms. The van der Waals surface area contributed by atoms with Crippen LogP contribution in [0.25, 0.3) is 20.9 Å². The van der Waals surface area contributed by atoms with Gasteiger partial charge in [0.1, 0.15) is 5.82 Å². The van der Waals surface area contributed by atoms with Gasteiger partial charge in [-0.15, -0.1) is 11.3 Å². The van der Waals surface area contributed by atoms with Crippen LogP contribution < -0.4 is 10.5 Å². The monoisotopic (exact) mass is 326 g/mol. The third-order valence-corrected chi connectivity index (χ3v) is 5.46. The molecule has 0 saturated heterocycles. The number of hydrogen-bond donors (Lipinski definition) is 1. The van der Waals surface area contributed by atoms with E-state index in [0.29, 0.717) is 0 Å². The van der Waals surface area contributed by atoms with E-state index in [2.05, 4.69) is 16.0 Å². The van der Waals surface area contributed by atoms with Crippen molar-refractivity contribution in [3.63, 3.8) is 0 Å². The lowest BCUT2D eigenvalue weighted by Crippen LogP contribution is -2.19. The fraction of sp³-hybridized carbons (Fsp3) is 0.167. The predicted octanol–water partition coefficient (Wildman–Crippen LogP) is 3.90. The minimum atomic E-state index is -0.217. The summed E-state index contributed by atoms with van der Waals surface area (Å²) in [5.74, 6) is -0.217. The summed E-state index contributed by atoms with van der Waals surface area (Å²) in [4.78, 5) is 18.5. The number of H-pyrrole nitrogens is 1. The molecular weight excluding hydrogens is 311 g/mol. The highest BCUT2D eigenvalue weighted by atomic mass is 32.1. The van der Waals surface area contributed by atoms with Gasteiger partial charge in [0.15, 0.2) is 0 Å². The number of aromatic amines is 1. The SMILES string of the molecule is CN1CCc2cc(-c3cc[nH]c(=O)c3)sc2-c2ccc(F)cc21. The maximum atomic E-state index is 13.6. The number of rotatable bonds is 1. The molecule has 116 valence electrons. The van der Waals surface area contributed by atoms with Gasteiger partial charge in [-0.05, 0) is 47.9 Å². The van der Waals surface area contributed by atoms with E-state index >= 15 is 0 Å². The number of hydrogen-bond acceptors (Lipinski definition) is 3. The number of nitrogens with zero attached hydrogens (tertiary/aromatic N) is 1. The van der Waals surface area contributed by atoms with Crippen LogP contribution in [-0.2, 0) is 6.42 Å². The second-order valence-electron chi connectivity index (χ2n) is 5.74. The average molecular weight is 326 g/mol. The number of fused-ring (bicyclic) bond motifs is 3. The smallest absolute Gasteiger partial charge is 0.248 e. The first-order valence-electron chi connectivity index (χ1n) is 7.45. The zero-order valence-corrected chi connectivity index (χ0v) is 13.4. The summed E-state index contributed by atoms with van der Waals surface area (Å²) in [6, 6.07) is 10.6. The van der Waals surface area contributed by atoms with Crippen LogP contribution in [-0.4, -0.2) is 18.6 Å². The highest BCUT2D eigenvalue weighted by Crippen LogP contribution is 2.43. The van der Waals surface area contributed by atoms with E-state index in [1.54, 1.807) is 29.7 Å². The number of nitrogens with one attached hydrogen (secondary N) is 1. The molecule has 3 aromatic rings. The van der Waals surface area contributed by atoms with Crippen LogP contribution in [0.2, 0.25) is 0 Å². The van der Waals surface area contributed by atoms with Gasteiger partial charge in [0, 0.05) is 46.9 Å². The van der Waals surface area contributed by atoms with Crippen molar-refractivity contribution in [1.82, 2.24) is 4.98 Å². The van der Waals surface area contributed by atoms with Crippen molar-refractivity contribution in [2.75, 3.05) is 18.5 Å². The van der Waals surface area contributed by atoms with E-state index < -0.39 is 0 Å². The molecule has 3 nitrogen and oxygen atoms in total. The fourth-order valence-corrected chi connectivity index (χ4v) is 4.24. The number of likely N-dealkylation sites (N-methyl/N-ethyl adjacent to an activating group) is 1. The Morgan fingerprint density at radius 3 is 2.91 bits per heavy atom. The maximum absolute atomic E-state index is 13.6.